The highest BCUT2D eigenvalue weighted by molar-refractivity contribution is 5.74. The van der Waals surface area contributed by atoms with Crippen molar-refractivity contribution in [2.24, 2.45) is 0 Å². The van der Waals surface area contributed by atoms with Crippen LogP contribution in [0.25, 0.3) is 0 Å². The number of urea groups is 1. The summed E-state index contributed by atoms with van der Waals surface area (Å²) >= 11 is 0. The fourth-order valence-corrected chi connectivity index (χ4v) is 2.09. The lowest BCUT2D eigenvalue weighted by Gasteiger charge is -2.20. The van der Waals surface area contributed by atoms with Crippen LogP contribution in [0, 0.1) is 20.8 Å². The van der Waals surface area contributed by atoms with Gasteiger partial charge in [-0.25, -0.2) is 4.79 Å². The van der Waals surface area contributed by atoms with Crippen LogP contribution in [0.3, 0.4) is 0 Å². The first-order chi connectivity index (χ1) is 9.88. The maximum Gasteiger partial charge on any atom is 0.318 e. The van der Waals surface area contributed by atoms with Crippen LogP contribution in [0.2, 0.25) is 0 Å². The summed E-state index contributed by atoms with van der Waals surface area (Å²) in [7, 11) is 1.74. The van der Waals surface area contributed by atoms with Crippen LogP contribution in [-0.4, -0.2) is 23.1 Å². The van der Waals surface area contributed by atoms with Gasteiger partial charge in [0.15, 0.2) is 0 Å². The van der Waals surface area contributed by atoms with Crippen molar-refractivity contribution in [1.82, 2.24) is 15.4 Å². The molecular formula is C15H21N3O3. The minimum absolute atomic E-state index is 0.170. The molecule has 0 fully saturated rings. The van der Waals surface area contributed by atoms with Gasteiger partial charge in [-0.1, -0.05) is 5.16 Å². The first kappa shape index (κ1) is 15.2. The van der Waals surface area contributed by atoms with Crippen molar-refractivity contribution in [2.45, 2.75) is 40.3 Å². The molecule has 1 N–H and O–H groups in total. The molecule has 2 heterocycles. The second kappa shape index (κ2) is 6.03. The number of hydrogen-bond donors (Lipinski definition) is 1. The van der Waals surface area contributed by atoms with Gasteiger partial charge in [0.1, 0.15) is 17.3 Å². The Morgan fingerprint density at radius 2 is 2.10 bits per heavy atom. The normalized spacial score (nSPS) is 12.2. The van der Waals surface area contributed by atoms with Crippen molar-refractivity contribution < 1.29 is 13.7 Å². The van der Waals surface area contributed by atoms with E-state index in [1.54, 1.807) is 11.9 Å². The molecule has 2 aromatic heterocycles. The molecule has 6 nitrogen and oxygen atoms in total. The fourth-order valence-electron chi connectivity index (χ4n) is 2.09. The molecule has 2 rings (SSSR count). The van der Waals surface area contributed by atoms with Gasteiger partial charge in [0.05, 0.1) is 18.3 Å². The van der Waals surface area contributed by atoms with E-state index in [4.69, 9.17) is 8.94 Å². The summed E-state index contributed by atoms with van der Waals surface area (Å²) in [6, 6.07) is 3.40. The molecule has 2 amide bonds. The van der Waals surface area contributed by atoms with E-state index in [9.17, 15) is 4.79 Å². The second-order valence-electron chi connectivity index (χ2n) is 5.28. The van der Waals surface area contributed by atoms with Crippen molar-refractivity contribution in [1.29, 1.82) is 0 Å². The molecule has 6 heteroatoms. The van der Waals surface area contributed by atoms with Gasteiger partial charge in [-0.15, -0.1) is 0 Å². The first-order valence-corrected chi connectivity index (χ1v) is 6.88. The molecule has 0 saturated carbocycles. The zero-order valence-corrected chi connectivity index (χ0v) is 13.1. The van der Waals surface area contributed by atoms with E-state index in [0.29, 0.717) is 6.54 Å². The molecule has 21 heavy (non-hydrogen) atoms. The minimum atomic E-state index is -0.182. The Morgan fingerprint density at radius 3 is 2.62 bits per heavy atom. The van der Waals surface area contributed by atoms with E-state index < -0.39 is 0 Å². The Hall–Kier alpha value is -2.24. The number of carbonyl (C=O) groups excluding carboxylic acids is 1. The first-order valence-electron chi connectivity index (χ1n) is 6.88. The van der Waals surface area contributed by atoms with Crippen LogP contribution in [0.4, 0.5) is 4.79 Å². The second-order valence-corrected chi connectivity index (χ2v) is 5.28. The maximum absolute atomic E-state index is 12.2. The third-order valence-corrected chi connectivity index (χ3v) is 3.45. The minimum Gasteiger partial charge on any atom is -0.464 e. The van der Waals surface area contributed by atoms with Crippen LogP contribution in [0.1, 0.15) is 41.5 Å². The highest BCUT2D eigenvalue weighted by Crippen LogP contribution is 2.17. The van der Waals surface area contributed by atoms with E-state index in [2.05, 4.69) is 10.5 Å². The van der Waals surface area contributed by atoms with E-state index in [-0.39, 0.29) is 12.1 Å². The highest BCUT2D eigenvalue weighted by atomic mass is 16.5. The van der Waals surface area contributed by atoms with Crippen molar-refractivity contribution in [3.8, 4) is 0 Å². The molecule has 0 saturated heterocycles. The number of hydrogen-bond acceptors (Lipinski definition) is 4. The Kier molecular flexibility index (Phi) is 4.35. The third kappa shape index (κ3) is 3.45. The number of nitrogens with zero attached hydrogens (tertiary/aromatic N) is 2. The van der Waals surface area contributed by atoms with E-state index in [1.165, 1.54) is 0 Å². The summed E-state index contributed by atoms with van der Waals surface area (Å²) in [5.74, 6) is 2.31. The number of amides is 2. The highest BCUT2D eigenvalue weighted by Gasteiger charge is 2.18. The number of aryl methyl sites for hydroxylation is 3. The molecule has 0 aliphatic rings. The predicted octanol–water partition coefficient (Wildman–Crippen LogP) is 3.10. The van der Waals surface area contributed by atoms with Crippen molar-refractivity contribution in [2.75, 3.05) is 7.05 Å². The topological polar surface area (TPSA) is 71.5 Å². The van der Waals surface area contributed by atoms with Gasteiger partial charge in [-0.2, -0.15) is 0 Å². The maximum atomic E-state index is 12.2. The Labute approximate surface area is 124 Å². The molecule has 0 unspecified atom stereocenters. The lowest BCUT2D eigenvalue weighted by atomic mass is 10.2. The zero-order chi connectivity index (χ0) is 15.6. The monoisotopic (exact) mass is 291 g/mol. The van der Waals surface area contributed by atoms with Crippen LogP contribution in [0.5, 0.6) is 0 Å². The van der Waals surface area contributed by atoms with E-state index in [0.717, 1.165) is 28.5 Å². The standard InChI is InChI=1S/C15H21N3O3/c1-9-6-7-14(20-9)11(3)16-15(19)18(5)8-13-10(2)17-21-12(13)4/h6-7,11H,8H2,1-5H3,(H,16,19)/t11-/m1/s1. The van der Waals surface area contributed by atoms with Crippen LogP contribution >= 0.6 is 0 Å². The van der Waals surface area contributed by atoms with Crippen molar-refractivity contribution in [3.63, 3.8) is 0 Å². The lowest BCUT2D eigenvalue weighted by molar-refractivity contribution is 0.201. The summed E-state index contributed by atoms with van der Waals surface area (Å²) in [5.41, 5.74) is 1.75. The van der Waals surface area contributed by atoms with E-state index >= 15 is 0 Å². The molecule has 0 radical (unpaired) electrons. The Bertz CT molecular complexity index is 610. The van der Waals surface area contributed by atoms with Gasteiger partial charge < -0.3 is 19.2 Å². The molecule has 0 aromatic carbocycles. The third-order valence-electron chi connectivity index (χ3n) is 3.45. The van der Waals surface area contributed by atoms with E-state index in [1.807, 2.05) is 39.8 Å². The molecule has 0 aliphatic heterocycles. The van der Waals surface area contributed by atoms with Gasteiger partial charge >= 0.3 is 6.03 Å². The molecule has 1 atom stereocenters. The van der Waals surface area contributed by atoms with Gasteiger partial charge in [-0.05, 0) is 39.8 Å². The molecule has 0 bridgehead atoms. The van der Waals surface area contributed by atoms with Gasteiger partial charge in [0, 0.05) is 12.6 Å². The molecule has 2 aromatic rings. The summed E-state index contributed by atoms with van der Waals surface area (Å²) in [6.07, 6.45) is 0. The number of aromatic nitrogens is 1. The number of rotatable bonds is 4. The summed E-state index contributed by atoms with van der Waals surface area (Å²) in [6.45, 7) is 7.93. The summed E-state index contributed by atoms with van der Waals surface area (Å²) < 4.78 is 10.6. The number of furan rings is 1. The average molecular weight is 291 g/mol. The van der Waals surface area contributed by atoms with Gasteiger partial charge in [0.2, 0.25) is 0 Å². The van der Waals surface area contributed by atoms with Crippen molar-refractivity contribution in [3.05, 3.63) is 40.7 Å². The van der Waals surface area contributed by atoms with Crippen LogP contribution < -0.4 is 5.32 Å². The fraction of sp³-hybridized carbons (Fsp3) is 0.467. The number of carbonyl (C=O) groups is 1. The van der Waals surface area contributed by atoms with Gasteiger partial charge in [0.25, 0.3) is 0 Å². The molecular weight excluding hydrogens is 270 g/mol. The Balaban J connectivity index is 1.97. The largest absolute Gasteiger partial charge is 0.464 e. The quantitative estimate of drug-likeness (QED) is 0.939. The Morgan fingerprint density at radius 1 is 1.38 bits per heavy atom. The smallest absolute Gasteiger partial charge is 0.318 e. The summed E-state index contributed by atoms with van der Waals surface area (Å²) in [4.78, 5) is 13.8. The zero-order valence-electron chi connectivity index (χ0n) is 13.1. The van der Waals surface area contributed by atoms with Crippen molar-refractivity contribution >= 4 is 6.03 Å². The SMILES string of the molecule is Cc1ccc([C@@H](C)NC(=O)N(C)Cc2c(C)noc2C)o1. The van der Waals surface area contributed by atoms with Gasteiger partial charge in [-0.3, -0.25) is 0 Å². The molecule has 0 aliphatic carbocycles. The number of nitrogens with one attached hydrogen (secondary N) is 1. The lowest BCUT2D eigenvalue weighted by Crippen LogP contribution is -2.38. The molecule has 0 spiro atoms. The van der Waals surface area contributed by atoms with Crippen LogP contribution in [-0.2, 0) is 6.54 Å². The van der Waals surface area contributed by atoms with Crippen LogP contribution in [0.15, 0.2) is 21.1 Å². The average Bonchev–Trinajstić information content (AvgIpc) is 2.99. The summed E-state index contributed by atoms with van der Waals surface area (Å²) in [5, 5.41) is 6.79. The molecule has 114 valence electrons. The predicted molar refractivity (Wildman–Crippen MR) is 77.8 cm³/mol.